The van der Waals surface area contributed by atoms with E-state index in [4.69, 9.17) is 22.1 Å². The topological polar surface area (TPSA) is 122 Å². The van der Waals surface area contributed by atoms with E-state index >= 15 is 0 Å². The number of nitro groups is 1. The molecule has 0 bridgehead atoms. The van der Waals surface area contributed by atoms with Gasteiger partial charge in [0.25, 0.3) is 5.69 Å². The van der Waals surface area contributed by atoms with E-state index in [1.54, 1.807) is 4.90 Å². The fourth-order valence-electron chi connectivity index (χ4n) is 5.64. The molecule has 0 spiro atoms. The molecule has 0 aromatic heterocycles. The van der Waals surface area contributed by atoms with Crippen LogP contribution in [0.25, 0.3) is 0 Å². The van der Waals surface area contributed by atoms with Gasteiger partial charge in [-0.15, -0.1) is 0 Å². The molecule has 2 aliphatic rings. The number of ketones is 1. The first kappa shape index (κ1) is 27.9. The van der Waals surface area contributed by atoms with Crippen molar-refractivity contribution in [2.75, 3.05) is 4.90 Å². The summed E-state index contributed by atoms with van der Waals surface area (Å²) in [6.45, 7) is 6.31. The lowest BCUT2D eigenvalue weighted by Gasteiger charge is -2.40. The van der Waals surface area contributed by atoms with Gasteiger partial charge in [-0.1, -0.05) is 41.4 Å². The molecule has 0 fully saturated rings. The summed E-state index contributed by atoms with van der Waals surface area (Å²) < 4.78 is 6.08. The number of nitrogens with two attached hydrogens (primary N) is 1. The average molecular weight is 569 g/mol. The minimum atomic E-state index is -0.658. The van der Waals surface area contributed by atoms with E-state index in [0.717, 1.165) is 33.6 Å². The zero-order chi connectivity index (χ0) is 29.4. The Morgan fingerprint density at radius 3 is 2.49 bits per heavy atom. The number of non-ortho nitro benzene ring substituents is 1. The van der Waals surface area contributed by atoms with Gasteiger partial charge >= 0.3 is 0 Å². The summed E-state index contributed by atoms with van der Waals surface area (Å²) >= 11 is 6.51. The van der Waals surface area contributed by atoms with Crippen LogP contribution in [0.5, 0.6) is 5.75 Å². The van der Waals surface area contributed by atoms with Crippen LogP contribution in [0.4, 0.5) is 11.4 Å². The summed E-state index contributed by atoms with van der Waals surface area (Å²) in [6.07, 6.45) is 1.51. The quantitative estimate of drug-likeness (QED) is 0.249. The predicted octanol–water partition coefficient (Wildman–Crippen LogP) is 7.06. The number of rotatable bonds is 6. The molecule has 5 rings (SSSR count). The third-order valence-corrected chi connectivity index (χ3v) is 8.05. The lowest BCUT2D eigenvalue weighted by molar-refractivity contribution is -0.384. The molecule has 9 heteroatoms. The predicted molar refractivity (Wildman–Crippen MR) is 157 cm³/mol. The van der Waals surface area contributed by atoms with Crippen molar-refractivity contribution in [2.24, 2.45) is 5.73 Å². The Hall–Kier alpha value is -4.61. The number of benzene rings is 3. The molecule has 8 nitrogen and oxygen atoms in total. The van der Waals surface area contributed by atoms with Gasteiger partial charge in [-0.05, 0) is 74.1 Å². The van der Waals surface area contributed by atoms with Crippen molar-refractivity contribution in [1.82, 2.24) is 0 Å². The van der Waals surface area contributed by atoms with Crippen molar-refractivity contribution in [3.8, 4) is 11.8 Å². The van der Waals surface area contributed by atoms with E-state index in [0.29, 0.717) is 42.8 Å². The number of nitro benzene ring substituents is 1. The van der Waals surface area contributed by atoms with Crippen LogP contribution in [0.2, 0.25) is 5.02 Å². The van der Waals surface area contributed by atoms with Crippen molar-refractivity contribution in [2.45, 2.75) is 52.6 Å². The highest BCUT2D eigenvalue weighted by atomic mass is 35.5. The monoisotopic (exact) mass is 568 g/mol. The first-order chi connectivity index (χ1) is 19.6. The van der Waals surface area contributed by atoms with Gasteiger partial charge < -0.3 is 10.5 Å². The van der Waals surface area contributed by atoms with Crippen LogP contribution >= 0.6 is 11.6 Å². The number of Topliss-reactive ketones (excluding diaryl/α,β-unsaturated/α-hetero) is 1. The van der Waals surface area contributed by atoms with Crippen LogP contribution in [0.15, 0.2) is 77.3 Å². The molecular weight excluding hydrogens is 540 g/mol. The highest BCUT2D eigenvalue weighted by molar-refractivity contribution is 6.33. The van der Waals surface area contributed by atoms with Crippen LogP contribution in [0.1, 0.15) is 53.0 Å². The molecule has 0 radical (unpaired) electrons. The summed E-state index contributed by atoms with van der Waals surface area (Å²) in [5.41, 5.74) is 13.2. The minimum absolute atomic E-state index is 0.0584. The molecule has 1 aliphatic carbocycles. The second-order valence-electron chi connectivity index (χ2n) is 10.4. The van der Waals surface area contributed by atoms with Crippen LogP contribution in [0, 0.1) is 42.2 Å². The van der Waals surface area contributed by atoms with Gasteiger partial charge in [-0.3, -0.25) is 19.8 Å². The molecule has 3 aromatic rings. The number of carbonyl (C=O) groups excluding carboxylic acids is 1. The molecule has 2 N–H and O–H groups in total. The molecule has 3 aromatic carbocycles. The third kappa shape index (κ3) is 5.17. The van der Waals surface area contributed by atoms with Gasteiger partial charge in [0, 0.05) is 29.8 Å². The van der Waals surface area contributed by atoms with Crippen LogP contribution in [-0.2, 0) is 11.4 Å². The second kappa shape index (κ2) is 11.1. The van der Waals surface area contributed by atoms with Gasteiger partial charge in [0.2, 0.25) is 0 Å². The number of carbonyl (C=O) groups is 1. The Bertz CT molecular complexity index is 1680. The summed E-state index contributed by atoms with van der Waals surface area (Å²) in [5, 5.41) is 21.8. The Morgan fingerprint density at radius 1 is 1.10 bits per heavy atom. The van der Waals surface area contributed by atoms with Crippen molar-refractivity contribution in [1.29, 1.82) is 5.26 Å². The van der Waals surface area contributed by atoms with Crippen molar-refractivity contribution in [3.63, 3.8) is 0 Å². The molecule has 1 atom stereocenters. The lowest BCUT2D eigenvalue weighted by Crippen LogP contribution is -2.39. The van der Waals surface area contributed by atoms with Gasteiger partial charge in [0.15, 0.2) is 5.78 Å². The van der Waals surface area contributed by atoms with Gasteiger partial charge in [-0.25, -0.2) is 0 Å². The van der Waals surface area contributed by atoms with E-state index < -0.39 is 10.8 Å². The second-order valence-corrected chi connectivity index (χ2v) is 10.9. The van der Waals surface area contributed by atoms with Crippen molar-refractivity contribution >= 4 is 28.8 Å². The minimum Gasteiger partial charge on any atom is -0.489 e. The molecule has 0 amide bonds. The lowest BCUT2D eigenvalue weighted by atomic mass is 9.74. The summed E-state index contributed by atoms with van der Waals surface area (Å²) in [4.78, 5) is 26.0. The fraction of sp³-hybridized carbons (Fsp3) is 0.250. The highest BCUT2D eigenvalue weighted by Crippen LogP contribution is 2.48. The number of allylic oxidation sites excluding steroid dienone is 3. The molecular formula is C32H29ClN4O4. The fourth-order valence-corrected chi connectivity index (χ4v) is 5.90. The molecule has 208 valence electrons. The number of ether oxygens (including phenoxy) is 1. The van der Waals surface area contributed by atoms with Crippen LogP contribution in [0.3, 0.4) is 0 Å². The number of nitriles is 1. The van der Waals surface area contributed by atoms with E-state index in [1.165, 1.54) is 18.2 Å². The maximum absolute atomic E-state index is 13.6. The van der Waals surface area contributed by atoms with E-state index in [1.807, 2.05) is 57.2 Å². The third-order valence-electron chi connectivity index (χ3n) is 7.75. The molecule has 1 unspecified atom stereocenters. The SMILES string of the molecule is Cc1ccc(OCc2cc(C3C(C#N)=C(N)N(c4ccc([N+](=O)[O-])cc4Cl)C4=C3C(=O)CCC4)c(C)cc2C)cc1. The maximum Gasteiger partial charge on any atom is 0.271 e. The Labute approximate surface area is 243 Å². The highest BCUT2D eigenvalue weighted by Gasteiger charge is 2.41. The number of halogens is 1. The first-order valence-corrected chi connectivity index (χ1v) is 13.7. The summed E-state index contributed by atoms with van der Waals surface area (Å²) in [7, 11) is 0. The number of anilines is 1. The van der Waals surface area contributed by atoms with E-state index in [2.05, 4.69) is 6.07 Å². The first-order valence-electron chi connectivity index (χ1n) is 13.3. The Kier molecular flexibility index (Phi) is 7.57. The normalized spacial score (nSPS) is 16.9. The smallest absolute Gasteiger partial charge is 0.271 e. The Morgan fingerprint density at radius 2 is 1.83 bits per heavy atom. The van der Waals surface area contributed by atoms with Crippen molar-refractivity contribution < 1.29 is 14.5 Å². The molecule has 0 saturated heterocycles. The largest absolute Gasteiger partial charge is 0.489 e. The summed E-state index contributed by atoms with van der Waals surface area (Å²) in [6, 6.07) is 18.2. The Balaban J connectivity index is 1.63. The van der Waals surface area contributed by atoms with Gasteiger partial charge in [0.1, 0.15) is 18.2 Å². The standard InChI is InChI=1S/C32H29ClN4O4/c1-18-7-10-23(11-8-18)41-17-21-14-24(20(3)13-19(21)2)30-25(16-34)32(35)36(28-5-4-6-29(38)31(28)30)27-12-9-22(37(39)40)15-26(27)33/h7-15,30H,4-6,17,35H2,1-3H3. The zero-order valence-corrected chi connectivity index (χ0v) is 23.8. The van der Waals surface area contributed by atoms with E-state index in [9.17, 15) is 20.2 Å². The average Bonchev–Trinajstić information content (AvgIpc) is 2.93. The van der Waals surface area contributed by atoms with E-state index in [-0.39, 0.29) is 27.9 Å². The molecule has 1 aliphatic heterocycles. The van der Waals surface area contributed by atoms with Crippen molar-refractivity contribution in [3.05, 3.63) is 120 Å². The summed E-state index contributed by atoms with van der Waals surface area (Å²) in [5.74, 6) is 0.186. The van der Waals surface area contributed by atoms with Gasteiger partial charge in [0.05, 0.1) is 33.2 Å². The van der Waals surface area contributed by atoms with Gasteiger partial charge in [-0.2, -0.15) is 5.26 Å². The number of hydrogen-bond acceptors (Lipinski definition) is 7. The zero-order valence-electron chi connectivity index (χ0n) is 23.0. The maximum atomic E-state index is 13.6. The number of nitrogens with zero attached hydrogens (tertiary/aromatic N) is 3. The number of hydrogen-bond donors (Lipinski definition) is 1. The van der Waals surface area contributed by atoms with Crippen LogP contribution < -0.4 is 15.4 Å². The molecule has 41 heavy (non-hydrogen) atoms. The molecule has 0 saturated carbocycles. The van der Waals surface area contributed by atoms with Crippen LogP contribution in [-0.4, -0.2) is 10.7 Å². The number of aryl methyl sites for hydroxylation is 3. The molecule has 1 heterocycles.